The van der Waals surface area contributed by atoms with Crippen molar-refractivity contribution in [2.24, 2.45) is 0 Å². The minimum absolute atomic E-state index is 0.0760. The Morgan fingerprint density at radius 2 is 1.95 bits per heavy atom. The van der Waals surface area contributed by atoms with Gasteiger partial charge in [-0.05, 0) is 26.7 Å². The van der Waals surface area contributed by atoms with E-state index in [4.69, 9.17) is 4.74 Å². The minimum Gasteiger partial charge on any atom is -0.378 e. The van der Waals surface area contributed by atoms with E-state index in [0.29, 0.717) is 13.2 Å². The molecule has 0 saturated heterocycles. The molecule has 4 nitrogen and oxygen atoms in total. The van der Waals surface area contributed by atoms with E-state index in [-0.39, 0.29) is 23.8 Å². The summed E-state index contributed by atoms with van der Waals surface area (Å²) in [6.45, 7) is 5.00. The van der Waals surface area contributed by atoms with Crippen LogP contribution in [-0.2, 0) is 4.74 Å². The fraction of sp³-hybridized carbons (Fsp3) is 0.615. The first kappa shape index (κ1) is 14.0. The van der Waals surface area contributed by atoms with Gasteiger partial charge < -0.3 is 15.4 Å². The molecule has 6 heteroatoms. The smallest absolute Gasteiger partial charge is 0.168 e. The van der Waals surface area contributed by atoms with Gasteiger partial charge in [-0.1, -0.05) is 0 Å². The van der Waals surface area contributed by atoms with Gasteiger partial charge in [0, 0.05) is 25.3 Å². The number of anilines is 2. The van der Waals surface area contributed by atoms with Crippen LogP contribution in [0.15, 0.2) is 6.07 Å². The summed E-state index contributed by atoms with van der Waals surface area (Å²) >= 11 is 0. The molecule has 106 valence electrons. The van der Waals surface area contributed by atoms with Gasteiger partial charge in [0.1, 0.15) is 0 Å². The maximum absolute atomic E-state index is 13.6. The van der Waals surface area contributed by atoms with E-state index >= 15 is 0 Å². The summed E-state index contributed by atoms with van der Waals surface area (Å²) in [5, 5.41) is 5.75. The molecule has 1 saturated carbocycles. The van der Waals surface area contributed by atoms with Crippen molar-refractivity contribution < 1.29 is 13.5 Å². The Labute approximate surface area is 111 Å². The fourth-order valence-electron chi connectivity index (χ4n) is 2.11. The van der Waals surface area contributed by atoms with Crippen molar-refractivity contribution >= 4 is 11.6 Å². The second kappa shape index (κ2) is 6.14. The Morgan fingerprint density at radius 3 is 2.58 bits per heavy atom. The Kier molecular flexibility index (Phi) is 4.52. The second-order valence-corrected chi connectivity index (χ2v) is 4.57. The third-order valence-corrected chi connectivity index (χ3v) is 3.11. The zero-order valence-corrected chi connectivity index (χ0v) is 11.2. The largest absolute Gasteiger partial charge is 0.378 e. The van der Waals surface area contributed by atoms with Crippen LogP contribution in [0.2, 0.25) is 0 Å². The van der Waals surface area contributed by atoms with Crippen molar-refractivity contribution in [3.05, 3.63) is 17.7 Å². The Hall–Kier alpha value is -1.43. The van der Waals surface area contributed by atoms with E-state index < -0.39 is 11.6 Å². The molecule has 1 aliphatic rings. The summed E-state index contributed by atoms with van der Waals surface area (Å²) in [4.78, 5) is 3.94. The SMILES string of the molecule is CCNc1nc(NC2CC(OCC)C2)c(F)cc1F. The summed E-state index contributed by atoms with van der Waals surface area (Å²) in [6.07, 6.45) is 1.88. The van der Waals surface area contributed by atoms with Crippen LogP contribution in [0, 0.1) is 11.6 Å². The van der Waals surface area contributed by atoms with Crippen LogP contribution < -0.4 is 10.6 Å². The number of hydrogen-bond donors (Lipinski definition) is 2. The van der Waals surface area contributed by atoms with Gasteiger partial charge in [0.15, 0.2) is 23.3 Å². The van der Waals surface area contributed by atoms with E-state index in [1.807, 2.05) is 13.8 Å². The highest BCUT2D eigenvalue weighted by Crippen LogP contribution is 2.28. The molecule has 19 heavy (non-hydrogen) atoms. The molecule has 0 unspecified atom stereocenters. The number of nitrogens with one attached hydrogen (secondary N) is 2. The molecule has 0 bridgehead atoms. The average Bonchev–Trinajstić information content (AvgIpc) is 2.32. The van der Waals surface area contributed by atoms with E-state index in [9.17, 15) is 8.78 Å². The monoisotopic (exact) mass is 271 g/mol. The van der Waals surface area contributed by atoms with Gasteiger partial charge in [-0.15, -0.1) is 0 Å². The summed E-state index contributed by atoms with van der Waals surface area (Å²) in [7, 11) is 0. The molecule has 2 rings (SSSR count). The van der Waals surface area contributed by atoms with Crippen LogP contribution in [0.1, 0.15) is 26.7 Å². The lowest BCUT2D eigenvalue weighted by Gasteiger charge is -2.35. The van der Waals surface area contributed by atoms with E-state index in [0.717, 1.165) is 18.9 Å². The van der Waals surface area contributed by atoms with Gasteiger partial charge >= 0.3 is 0 Å². The molecule has 1 aromatic heterocycles. The highest BCUT2D eigenvalue weighted by atomic mass is 19.1. The normalized spacial score (nSPS) is 21.9. The maximum Gasteiger partial charge on any atom is 0.168 e. The summed E-state index contributed by atoms with van der Waals surface area (Å²) in [5.41, 5.74) is 0. The van der Waals surface area contributed by atoms with Crippen molar-refractivity contribution in [1.29, 1.82) is 0 Å². The molecule has 1 aromatic rings. The third kappa shape index (κ3) is 3.32. The first-order chi connectivity index (χ1) is 9.13. The molecular formula is C13H19F2N3O. The van der Waals surface area contributed by atoms with Crippen molar-refractivity contribution in [2.45, 2.75) is 38.8 Å². The maximum atomic E-state index is 13.6. The zero-order valence-electron chi connectivity index (χ0n) is 11.2. The predicted molar refractivity (Wildman–Crippen MR) is 70.4 cm³/mol. The van der Waals surface area contributed by atoms with Gasteiger partial charge in [0.05, 0.1) is 6.10 Å². The lowest BCUT2D eigenvalue weighted by Crippen LogP contribution is -2.41. The minimum atomic E-state index is -0.675. The first-order valence-electron chi connectivity index (χ1n) is 6.62. The second-order valence-electron chi connectivity index (χ2n) is 4.57. The fourth-order valence-corrected chi connectivity index (χ4v) is 2.11. The zero-order chi connectivity index (χ0) is 13.8. The van der Waals surface area contributed by atoms with Crippen molar-refractivity contribution in [3.8, 4) is 0 Å². The summed E-state index contributed by atoms with van der Waals surface area (Å²) in [6, 6.07) is 0.991. The highest BCUT2D eigenvalue weighted by molar-refractivity contribution is 5.48. The molecule has 0 amide bonds. The van der Waals surface area contributed by atoms with Gasteiger partial charge in [0.25, 0.3) is 0 Å². The molecular weight excluding hydrogens is 252 g/mol. The Morgan fingerprint density at radius 1 is 1.26 bits per heavy atom. The molecule has 0 atom stereocenters. The van der Waals surface area contributed by atoms with E-state index in [1.165, 1.54) is 0 Å². The first-order valence-corrected chi connectivity index (χ1v) is 6.62. The molecule has 2 N–H and O–H groups in total. The van der Waals surface area contributed by atoms with Crippen molar-refractivity contribution in [1.82, 2.24) is 4.98 Å². The number of rotatable bonds is 6. The Balaban J connectivity index is 1.98. The lowest BCUT2D eigenvalue weighted by molar-refractivity contribution is 0.00286. The van der Waals surface area contributed by atoms with Crippen LogP contribution in [0.5, 0.6) is 0 Å². The summed E-state index contributed by atoms with van der Waals surface area (Å²) < 4.78 is 32.4. The highest BCUT2D eigenvalue weighted by Gasteiger charge is 2.30. The van der Waals surface area contributed by atoms with Gasteiger partial charge in [-0.25, -0.2) is 13.8 Å². The standard InChI is InChI=1S/C13H19F2N3O/c1-3-16-12-10(14)7-11(15)13(18-12)17-8-5-9(6-8)19-4-2/h7-9H,3-6H2,1-2H3,(H2,16,17,18). The van der Waals surface area contributed by atoms with Crippen LogP contribution in [0.3, 0.4) is 0 Å². The number of aromatic nitrogens is 1. The van der Waals surface area contributed by atoms with Gasteiger partial charge in [-0.3, -0.25) is 0 Å². The number of pyridine rings is 1. The van der Waals surface area contributed by atoms with Gasteiger partial charge in [0.2, 0.25) is 0 Å². The molecule has 0 aromatic carbocycles. The number of hydrogen-bond acceptors (Lipinski definition) is 4. The molecule has 0 radical (unpaired) electrons. The lowest BCUT2D eigenvalue weighted by atomic mass is 9.89. The molecule has 1 aliphatic carbocycles. The van der Waals surface area contributed by atoms with Crippen molar-refractivity contribution in [2.75, 3.05) is 23.8 Å². The van der Waals surface area contributed by atoms with E-state index in [2.05, 4.69) is 15.6 Å². The van der Waals surface area contributed by atoms with Crippen molar-refractivity contribution in [3.63, 3.8) is 0 Å². The molecule has 0 spiro atoms. The number of nitrogens with zero attached hydrogens (tertiary/aromatic N) is 1. The van der Waals surface area contributed by atoms with E-state index in [1.54, 1.807) is 0 Å². The Bertz CT molecular complexity index is 436. The van der Waals surface area contributed by atoms with Crippen LogP contribution in [0.25, 0.3) is 0 Å². The van der Waals surface area contributed by atoms with Crippen LogP contribution >= 0.6 is 0 Å². The molecule has 1 heterocycles. The average molecular weight is 271 g/mol. The topological polar surface area (TPSA) is 46.2 Å². The third-order valence-electron chi connectivity index (χ3n) is 3.11. The number of ether oxygens (including phenoxy) is 1. The molecule has 1 fully saturated rings. The summed E-state index contributed by atoms with van der Waals surface area (Å²) in [5.74, 6) is -1.17. The number of halogens is 2. The molecule has 0 aliphatic heterocycles. The van der Waals surface area contributed by atoms with Crippen LogP contribution in [-0.4, -0.2) is 30.3 Å². The quantitative estimate of drug-likeness (QED) is 0.835. The predicted octanol–water partition coefficient (Wildman–Crippen LogP) is 2.77. The van der Waals surface area contributed by atoms with Crippen LogP contribution in [0.4, 0.5) is 20.4 Å². The van der Waals surface area contributed by atoms with Gasteiger partial charge in [-0.2, -0.15) is 0 Å².